The van der Waals surface area contributed by atoms with Gasteiger partial charge < -0.3 is 19.3 Å². The Morgan fingerprint density at radius 2 is 2.19 bits per heavy atom. The number of hydrogen-bond acceptors (Lipinski definition) is 4. The van der Waals surface area contributed by atoms with Crippen LogP contribution in [0.1, 0.15) is 24.8 Å². The molecule has 3 aliphatic heterocycles. The molecule has 5 heteroatoms. The summed E-state index contributed by atoms with van der Waals surface area (Å²) in [6.45, 7) is 2.70. The van der Waals surface area contributed by atoms with Crippen molar-refractivity contribution in [3.63, 3.8) is 0 Å². The van der Waals surface area contributed by atoms with Gasteiger partial charge in [-0.25, -0.2) is 0 Å². The minimum atomic E-state index is -0.0640. The fourth-order valence-corrected chi connectivity index (χ4v) is 5.36. The molecule has 0 unspecified atom stereocenters. The second-order valence-corrected chi connectivity index (χ2v) is 8.38. The highest BCUT2D eigenvalue weighted by atomic mass is 16.5. The molecule has 2 bridgehead atoms. The molecular formula is C21H30N2O3. The normalized spacial score (nSPS) is 32.3. The van der Waals surface area contributed by atoms with E-state index in [2.05, 4.69) is 23.9 Å². The SMILES string of the molecule is COc1ccccc1CCC(=O)N1C[C@@H]2[C@H](CN(C)C)[C@H]3CC[C@]2(C1)O3. The van der Waals surface area contributed by atoms with Crippen LogP contribution < -0.4 is 4.74 Å². The predicted molar refractivity (Wildman–Crippen MR) is 100 cm³/mol. The van der Waals surface area contributed by atoms with Gasteiger partial charge >= 0.3 is 0 Å². The molecule has 4 atom stereocenters. The summed E-state index contributed by atoms with van der Waals surface area (Å²) >= 11 is 0. The molecule has 0 radical (unpaired) electrons. The standard InChI is InChI=1S/C21H30N2O3/c1-22(2)12-16-17-13-23(14-21(17)11-10-19(16)26-21)20(24)9-8-15-6-4-5-7-18(15)25-3/h4-7,16-17,19H,8-14H2,1-3H3/t16-,17+,19+,21+/m0/s1. The lowest BCUT2D eigenvalue weighted by molar-refractivity contribution is -0.131. The Hall–Kier alpha value is -1.59. The lowest BCUT2D eigenvalue weighted by Gasteiger charge is -2.30. The van der Waals surface area contributed by atoms with Gasteiger partial charge in [-0.2, -0.15) is 0 Å². The maximum absolute atomic E-state index is 12.9. The summed E-state index contributed by atoms with van der Waals surface area (Å²) in [5.74, 6) is 2.17. The Morgan fingerprint density at radius 1 is 1.38 bits per heavy atom. The van der Waals surface area contributed by atoms with Gasteiger partial charge in [-0.15, -0.1) is 0 Å². The Morgan fingerprint density at radius 3 is 2.96 bits per heavy atom. The van der Waals surface area contributed by atoms with Gasteiger partial charge in [0.2, 0.25) is 5.91 Å². The molecule has 3 fully saturated rings. The smallest absolute Gasteiger partial charge is 0.223 e. The van der Waals surface area contributed by atoms with Crippen LogP contribution in [0, 0.1) is 11.8 Å². The zero-order chi connectivity index (χ0) is 18.3. The number of hydrogen-bond donors (Lipinski definition) is 0. The van der Waals surface area contributed by atoms with E-state index in [4.69, 9.17) is 9.47 Å². The summed E-state index contributed by atoms with van der Waals surface area (Å²) in [7, 11) is 5.94. The molecule has 0 aliphatic carbocycles. The monoisotopic (exact) mass is 358 g/mol. The van der Waals surface area contributed by atoms with Crippen LogP contribution in [0.2, 0.25) is 0 Å². The first kappa shape index (κ1) is 17.8. The molecule has 4 rings (SSSR count). The zero-order valence-corrected chi connectivity index (χ0v) is 16.1. The molecule has 142 valence electrons. The molecule has 3 aliphatic rings. The summed E-state index contributed by atoms with van der Waals surface area (Å²) in [5, 5.41) is 0. The highest BCUT2D eigenvalue weighted by molar-refractivity contribution is 5.77. The van der Waals surface area contributed by atoms with Crippen molar-refractivity contribution in [1.29, 1.82) is 0 Å². The Labute approximate surface area is 156 Å². The molecule has 0 saturated carbocycles. The second-order valence-electron chi connectivity index (χ2n) is 8.38. The van der Waals surface area contributed by atoms with E-state index in [9.17, 15) is 4.79 Å². The number of ether oxygens (including phenoxy) is 2. The van der Waals surface area contributed by atoms with Crippen LogP contribution in [0.5, 0.6) is 5.75 Å². The van der Waals surface area contributed by atoms with Gasteiger partial charge in [-0.1, -0.05) is 18.2 Å². The van der Waals surface area contributed by atoms with Gasteiger partial charge in [0.25, 0.3) is 0 Å². The van der Waals surface area contributed by atoms with Crippen LogP contribution in [-0.4, -0.2) is 68.3 Å². The third kappa shape index (κ3) is 3.01. The fraction of sp³-hybridized carbons (Fsp3) is 0.667. The summed E-state index contributed by atoms with van der Waals surface area (Å²) in [6.07, 6.45) is 3.92. The van der Waals surface area contributed by atoms with Crippen LogP contribution in [-0.2, 0) is 16.0 Å². The first-order valence-corrected chi connectivity index (χ1v) is 9.74. The number of aryl methyl sites for hydroxylation is 1. The molecule has 3 saturated heterocycles. The summed E-state index contributed by atoms with van der Waals surface area (Å²) in [4.78, 5) is 17.2. The van der Waals surface area contributed by atoms with Crippen molar-refractivity contribution in [1.82, 2.24) is 9.80 Å². The van der Waals surface area contributed by atoms with E-state index < -0.39 is 0 Å². The average Bonchev–Trinajstić information content (AvgIpc) is 3.29. The Bertz CT molecular complexity index is 677. The minimum absolute atomic E-state index is 0.0640. The first-order chi connectivity index (χ1) is 12.5. The molecule has 0 aromatic heterocycles. The molecule has 1 aromatic carbocycles. The molecule has 26 heavy (non-hydrogen) atoms. The van der Waals surface area contributed by atoms with Crippen molar-refractivity contribution in [2.24, 2.45) is 11.8 Å². The number of amides is 1. The first-order valence-electron chi connectivity index (χ1n) is 9.74. The van der Waals surface area contributed by atoms with E-state index in [0.717, 1.165) is 50.2 Å². The number of likely N-dealkylation sites (tertiary alicyclic amines) is 1. The number of fused-ring (bicyclic) bond motifs is 1. The Balaban J connectivity index is 1.40. The molecule has 1 aromatic rings. The van der Waals surface area contributed by atoms with Crippen LogP contribution in [0.4, 0.5) is 0 Å². The van der Waals surface area contributed by atoms with Crippen LogP contribution in [0.25, 0.3) is 0 Å². The van der Waals surface area contributed by atoms with Crippen molar-refractivity contribution in [2.45, 2.75) is 37.4 Å². The summed E-state index contributed by atoms with van der Waals surface area (Å²) < 4.78 is 11.8. The van der Waals surface area contributed by atoms with E-state index in [0.29, 0.717) is 24.4 Å². The molecule has 3 heterocycles. The number of carbonyl (C=O) groups excluding carboxylic acids is 1. The lowest BCUT2D eigenvalue weighted by atomic mass is 9.73. The molecule has 1 spiro atoms. The number of carbonyl (C=O) groups is 1. The number of benzene rings is 1. The maximum atomic E-state index is 12.9. The van der Waals surface area contributed by atoms with E-state index in [1.807, 2.05) is 24.3 Å². The molecular weight excluding hydrogens is 328 g/mol. The third-order valence-corrected chi connectivity index (χ3v) is 6.51. The van der Waals surface area contributed by atoms with E-state index in [1.54, 1.807) is 7.11 Å². The van der Waals surface area contributed by atoms with E-state index in [1.165, 1.54) is 0 Å². The number of methoxy groups -OCH3 is 1. The van der Waals surface area contributed by atoms with Crippen LogP contribution in [0.3, 0.4) is 0 Å². The van der Waals surface area contributed by atoms with Crippen molar-refractivity contribution in [3.8, 4) is 5.75 Å². The van der Waals surface area contributed by atoms with Gasteiger partial charge in [0.1, 0.15) is 5.75 Å². The summed E-state index contributed by atoms with van der Waals surface area (Å²) in [6, 6.07) is 7.96. The number of rotatable bonds is 6. The molecule has 5 nitrogen and oxygen atoms in total. The van der Waals surface area contributed by atoms with Crippen LogP contribution >= 0.6 is 0 Å². The number of para-hydroxylation sites is 1. The lowest BCUT2D eigenvalue weighted by Crippen LogP contribution is -2.40. The van der Waals surface area contributed by atoms with Gasteiger partial charge in [-0.05, 0) is 45.0 Å². The highest BCUT2D eigenvalue weighted by Crippen LogP contribution is 2.55. The van der Waals surface area contributed by atoms with Crippen molar-refractivity contribution >= 4 is 5.91 Å². The fourth-order valence-electron chi connectivity index (χ4n) is 5.36. The van der Waals surface area contributed by atoms with Gasteiger partial charge in [0, 0.05) is 31.3 Å². The number of nitrogens with zero attached hydrogens (tertiary/aromatic N) is 2. The minimum Gasteiger partial charge on any atom is -0.496 e. The van der Waals surface area contributed by atoms with Gasteiger partial charge in [0.15, 0.2) is 0 Å². The topological polar surface area (TPSA) is 42.0 Å². The van der Waals surface area contributed by atoms with Gasteiger partial charge in [-0.3, -0.25) is 4.79 Å². The van der Waals surface area contributed by atoms with Crippen molar-refractivity contribution in [2.75, 3.05) is 40.8 Å². The maximum Gasteiger partial charge on any atom is 0.223 e. The quantitative estimate of drug-likeness (QED) is 0.782. The Kier molecular flexibility index (Phi) is 4.70. The largest absolute Gasteiger partial charge is 0.496 e. The highest BCUT2D eigenvalue weighted by Gasteiger charge is 2.63. The van der Waals surface area contributed by atoms with Crippen molar-refractivity contribution < 1.29 is 14.3 Å². The molecule has 0 N–H and O–H groups in total. The van der Waals surface area contributed by atoms with E-state index in [-0.39, 0.29) is 11.5 Å². The third-order valence-electron chi connectivity index (χ3n) is 6.51. The molecule has 1 amide bonds. The second kappa shape index (κ2) is 6.86. The van der Waals surface area contributed by atoms with Crippen LogP contribution in [0.15, 0.2) is 24.3 Å². The summed E-state index contributed by atoms with van der Waals surface area (Å²) in [5.41, 5.74) is 1.04. The average molecular weight is 358 g/mol. The van der Waals surface area contributed by atoms with Gasteiger partial charge in [0.05, 0.1) is 25.4 Å². The van der Waals surface area contributed by atoms with Crippen molar-refractivity contribution in [3.05, 3.63) is 29.8 Å². The van der Waals surface area contributed by atoms with E-state index >= 15 is 0 Å². The predicted octanol–water partition coefficient (Wildman–Crippen LogP) is 2.20. The zero-order valence-electron chi connectivity index (χ0n) is 16.1.